The highest BCUT2D eigenvalue weighted by atomic mass is 35.5. The van der Waals surface area contributed by atoms with Crippen LogP contribution in [-0.2, 0) is 23.6 Å². The van der Waals surface area contributed by atoms with Crippen LogP contribution < -0.4 is 0 Å². The van der Waals surface area contributed by atoms with Gasteiger partial charge in [0.2, 0.25) is 5.91 Å². The first-order chi connectivity index (χ1) is 19.2. The molecule has 4 nitrogen and oxygen atoms in total. The van der Waals surface area contributed by atoms with Crippen molar-refractivity contribution < 1.29 is 31.1 Å². The third kappa shape index (κ3) is 8.09. The standard InChI is InChI=1S/C29H33Cl2F6N3O/c1-38(12-7-19-15-21(28(32,33)34)18-22(16-19)29(35,36)37)27(41)26(20-5-6-24(30)25(31)17-20)40-13-8-23(9-14-40)39-10-3-2-4-11-39/h5-6,15-18,23,26H,2-4,7-14H2,1H3. The van der Waals surface area contributed by atoms with E-state index in [1.165, 1.54) is 31.2 Å². The number of carbonyl (C=O) groups is 1. The smallest absolute Gasteiger partial charge is 0.344 e. The van der Waals surface area contributed by atoms with E-state index in [1.54, 1.807) is 18.2 Å². The molecule has 4 rings (SSSR count). The highest BCUT2D eigenvalue weighted by Crippen LogP contribution is 2.37. The normalized spacial score (nSPS) is 18.9. The first-order valence-corrected chi connectivity index (χ1v) is 14.5. The van der Waals surface area contributed by atoms with Crippen molar-refractivity contribution in [2.24, 2.45) is 0 Å². The lowest BCUT2D eigenvalue weighted by Crippen LogP contribution is -2.50. The Kier molecular flexibility index (Phi) is 10.2. The van der Waals surface area contributed by atoms with Crippen LogP contribution in [0.3, 0.4) is 0 Å². The maximum atomic E-state index is 13.8. The number of benzene rings is 2. The molecule has 0 aromatic heterocycles. The van der Waals surface area contributed by atoms with E-state index in [1.807, 2.05) is 0 Å². The number of hydrogen-bond acceptors (Lipinski definition) is 3. The van der Waals surface area contributed by atoms with E-state index in [-0.39, 0.29) is 35.5 Å². The molecule has 0 bridgehead atoms. The number of alkyl halides is 6. The van der Waals surface area contributed by atoms with Crippen molar-refractivity contribution in [3.8, 4) is 0 Å². The molecule has 2 aliphatic rings. The van der Waals surface area contributed by atoms with Crippen LogP contribution in [0.4, 0.5) is 26.3 Å². The molecule has 1 unspecified atom stereocenters. The second-order valence-corrected chi connectivity index (χ2v) is 11.7. The summed E-state index contributed by atoms with van der Waals surface area (Å²) < 4.78 is 79.9. The minimum atomic E-state index is -4.93. The summed E-state index contributed by atoms with van der Waals surface area (Å²) in [6.45, 7) is 3.41. The molecule has 1 amide bonds. The molecule has 2 saturated heterocycles. The SMILES string of the molecule is CN(CCc1cc(C(F)(F)F)cc(C(F)(F)F)c1)C(=O)C(c1ccc(Cl)c(Cl)c1)N1CCC(N2CCCCC2)CC1. The molecule has 2 heterocycles. The zero-order valence-electron chi connectivity index (χ0n) is 22.7. The molecule has 226 valence electrons. The molecule has 2 aliphatic heterocycles. The second kappa shape index (κ2) is 13.1. The Morgan fingerprint density at radius 1 is 0.878 bits per heavy atom. The molecule has 2 fully saturated rings. The van der Waals surface area contributed by atoms with Crippen LogP contribution in [0.2, 0.25) is 10.0 Å². The van der Waals surface area contributed by atoms with Gasteiger partial charge >= 0.3 is 12.4 Å². The number of carbonyl (C=O) groups excluding carboxylic acids is 1. The van der Waals surface area contributed by atoms with Crippen LogP contribution in [-0.4, -0.2) is 66.4 Å². The average molecular weight is 624 g/mol. The Balaban J connectivity index is 1.52. The molecule has 12 heteroatoms. The Morgan fingerprint density at radius 3 is 2.00 bits per heavy atom. The van der Waals surface area contributed by atoms with Gasteiger partial charge in [0.15, 0.2) is 0 Å². The zero-order chi connectivity index (χ0) is 29.9. The van der Waals surface area contributed by atoms with Crippen molar-refractivity contribution in [1.82, 2.24) is 14.7 Å². The molecule has 41 heavy (non-hydrogen) atoms. The van der Waals surface area contributed by atoms with E-state index < -0.39 is 29.5 Å². The summed E-state index contributed by atoms with van der Waals surface area (Å²) in [6.07, 6.45) is -4.65. The number of amides is 1. The first-order valence-electron chi connectivity index (χ1n) is 13.7. The monoisotopic (exact) mass is 623 g/mol. The lowest BCUT2D eigenvalue weighted by molar-refractivity contribution is -0.143. The van der Waals surface area contributed by atoms with Gasteiger partial charge < -0.3 is 9.80 Å². The summed E-state index contributed by atoms with van der Waals surface area (Å²) in [5.41, 5.74) is -2.27. The molecule has 0 N–H and O–H groups in total. The van der Waals surface area contributed by atoms with Crippen LogP contribution in [0.15, 0.2) is 36.4 Å². The number of likely N-dealkylation sites (tertiary alicyclic amines) is 2. The third-order valence-corrected chi connectivity index (χ3v) is 8.76. The summed E-state index contributed by atoms with van der Waals surface area (Å²) in [5, 5.41) is 0.625. The van der Waals surface area contributed by atoms with E-state index in [2.05, 4.69) is 9.80 Å². The number of nitrogens with zero attached hydrogens (tertiary/aromatic N) is 3. The molecule has 0 aliphatic carbocycles. The lowest BCUT2D eigenvalue weighted by Gasteiger charge is -2.43. The van der Waals surface area contributed by atoms with E-state index in [4.69, 9.17) is 23.2 Å². The van der Waals surface area contributed by atoms with Crippen LogP contribution in [0.5, 0.6) is 0 Å². The molecule has 2 aromatic carbocycles. The summed E-state index contributed by atoms with van der Waals surface area (Å²) in [7, 11) is 1.51. The van der Waals surface area contributed by atoms with Gasteiger partial charge in [-0.05, 0) is 86.7 Å². The third-order valence-electron chi connectivity index (χ3n) is 8.02. The Labute approximate surface area is 246 Å². The summed E-state index contributed by atoms with van der Waals surface area (Å²) in [4.78, 5) is 19.8. The van der Waals surface area contributed by atoms with Crippen molar-refractivity contribution in [3.63, 3.8) is 0 Å². The van der Waals surface area contributed by atoms with Gasteiger partial charge in [-0.3, -0.25) is 9.69 Å². The molecule has 0 spiro atoms. The number of piperidine rings is 2. The van der Waals surface area contributed by atoms with Gasteiger partial charge in [-0.2, -0.15) is 26.3 Å². The Hall–Kier alpha value is -2.01. The fraction of sp³-hybridized carbons (Fsp3) is 0.552. The number of halogens is 8. The second-order valence-electron chi connectivity index (χ2n) is 10.9. The number of rotatable bonds is 7. The quantitative estimate of drug-likeness (QED) is 0.295. The van der Waals surface area contributed by atoms with Gasteiger partial charge in [0.05, 0.1) is 21.2 Å². The van der Waals surface area contributed by atoms with Gasteiger partial charge in [-0.15, -0.1) is 0 Å². The summed E-state index contributed by atoms with van der Waals surface area (Å²) in [5.74, 6) is -0.317. The predicted octanol–water partition coefficient (Wildman–Crippen LogP) is 7.72. The van der Waals surface area contributed by atoms with Crippen molar-refractivity contribution in [1.29, 1.82) is 0 Å². The maximum Gasteiger partial charge on any atom is 0.416 e. The van der Waals surface area contributed by atoms with E-state index in [0.717, 1.165) is 25.9 Å². The molecule has 2 aromatic rings. The predicted molar refractivity (Wildman–Crippen MR) is 147 cm³/mol. The topological polar surface area (TPSA) is 26.8 Å². The fourth-order valence-electron chi connectivity index (χ4n) is 5.76. The first kappa shape index (κ1) is 31.9. The van der Waals surface area contributed by atoms with Crippen molar-refractivity contribution in [2.45, 2.75) is 63.0 Å². The van der Waals surface area contributed by atoms with Crippen LogP contribution in [0.1, 0.15) is 60.4 Å². The fourth-order valence-corrected chi connectivity index (χ4v) is 6.07. The van der Waals surface area contributed by atoms with Gasteiger partial charge in [0.1, 0.15) is 6.04 Å². The van der Waals surface area contributed by atoms with Gasteiger partial charge in [-0.1, -0.05) is 35.7 Å². The molecule has 1 atom stereocenters. The van der Waals surface area contributed by atoms with Gasteiger partial charge in [0, 0.05) is 32.7 Å². The highest BCUT2D eigenvalue weighted by molar-refractivity contribution is 6.42. The maximum absolute atomic E-state index is 13.8. The van der Waals surface area contributed by atoms with Crippen molar-refractivity contribution in [3.05, 3.63) is 68.7 Å². The van der Waals surface area contributed by atoms with Gasteiger partial charge in [-0.25, -0.2) is 0 Å². The average Bonchev–Trinajstić information content (AvgIpc) is 2.93. The summed E-state index contributed by atoms with van der Waals surface area (Å²) in [6, 6.07) is 6.21. The molecular formula is C29H33Cl2F6N3O. The molecular weight excluding hydrogens is 591 g/mol. The minimum Gasteiger partial charge on any atom is -0.344 e. The Morgan fingerprint density at radius 2 is 1.46 bits per heavy atom. The zero-order valence-corrected chi connectivity index (χ0v) is 24.2. The lowest BCUT2D eigenvalue weighted by atomic mass is 9.96. The van der Waals surface area contributed by atoms with Crippen LogP contribution in [0, 0.1) is 0 Å². The van der Waals surface area contributed by atoms with E-state index in [9.17, 15) is 31.1 Å². The van der Waals surface area contributed by atoms with Crippen molar-refractivity contribution >= 4 is 29.1 Å². The largest absolute Gasteiger partial charge is 0.416 e. The van der Waals surface area contributed by atoms with E-state index in [0.29, 0.717) is 41.9 Å². The van der Waals surface area contributed by atoms with Crippen LogP contribution in [0.25, 0.3) is 0 Å². The summed E-state index contributed by atoms with van der Waals surface area (Å²) >= 11 is 12.4. The minimum absolute atomic E-state index is 0.0699. The van der Waals surface area contributed by atoms with Crippen LogP contribution >= 0.6 is 23.2 Å². The molecule has 0 saturated carbocycles. The van der Waals surface area contributed by atoms with E-state index >= 15 is 0 Å². The van der Waals surface area contributed by atoms with Gasteiger partial charge in [0.25, 0.3) is 0 Å². The number of likely N-dealkylation sites (N-methyl/N-ethyl adjacent to an activating group) is 1. The Bertz CT molecular complexity index is 1180. The van der Waals surface area contributed by atoms with Crippen molar-refractivity contribution in [2.75, 3.05) is 39.8 Å². The number of hydrogen-bond donors (Lipinski definition) is 0. The molecule has 0 radical (unpaired) electrons. The highest BCUT2D eigenvalue weighted by Gasteiger charge is 2.38.